The van der Waals surface area contributed by atoms with Crippen molar-refractivity contribution in [2.75, 3.05) is 6.54 Å². The molecule has 0 aliphatic carbocycles. The minimum atomic E-state index is -0.632. The van der Waals surface area contributed by atoms with Crippen LogP contribution in [0.15, 0.2) is 16.5 Å². The molecule has 6 nitrogen and oxygen atoms in total. The first-order valence-electron chi connectivity index (χ1n) is 8.35. The predicted octanol–water partition coefficient (Wildman–Crippen LogP) is 3.51. The van der Waals surface area contributed by atoms with E-state index in [2.05, 4.69) is 10.6 Å². The van der Waals surface area contributed by atoms with Crippen LogP contribution in [0.4, 0.5) is 4.79 Å². The van der Waals surface area contributed by atoms with Gasteiger partial charge in [-0.1, -0.05) is 20.8 Å². The molecule has 2 N–H and O–H groups in total. The number of carbonyl (C=O) groups excluding carboxylic acids is 2. The molecule has 1 rings (SSSR count). The second-order valence-corrected chi connectivity index (χ2v) is 7.50. The predicted molar refractivity (Wildman–Crippen MR) is 93.0 cm³/mol. The first kappa shape index (κ1) is 20.1. The highest BCUT2D eigenvalue weighted by Gasteiger charge is 2.32. The zero-order valence-corrected chi connectivity index (χ0v) is 15.8. The van der Waals surface area contributed by atoms with E-state index >= 15 is 0 Å². The summed E-state index contributed by atoms with van der Waals surface area (Å²) in [5.41, 5.74) is -1.19. The number of alkyl carbamates (subject to hydrolysis) is 1. The molecular weight excluding hydrogens is 308 g/mol. The summed E-state index contributed by atoms with van der Waals surface area (Å²) in [6.45, 7) is 13.5. The van der Waals surface area contributed by atoms with E-state index in [4.69, 9.17) is 9.15 Å². The second-order valence-electron chi connectivity index (χ2n) is 7.50. The van der Waals surface area contributed by atoms with Crippen molar-refractivity contribution in [2.24, 2.45) is 5.92 Å². The van der Waals surface area contributed by atoms with Crippen LogP contribution in [0.5, 0.6) is 0 Å². The largest absolute Gasteiger partial charge is 0.456 e. The van der Waals surface area contributed by atoms with E-state index in [9.17, 15) is 9.59 Å². The molecule has 1 atom stereocenters. The summed E-state index contributed by atoms with van der Waals surface area (Å²) >= 11 is 0. The van der Waals surface area contributed by atoms with Gasteiger partial charge in [0, 0.05) is 13.0 Å². The maximum Gasteiger partial charge on any atom is 0.407 e. The molecule has 0 aromatic carbocycles. The molecule has 0 saturated carbocycles. The average Bonchev–Trinajstić information content (AvgIpc) is 2.92. The number of amides is 2. The van der Waals surface area contributed by atoms with E-state index in [-0.39, 0.29) is 24.1 Å². The lowest BCUT2D eigenvalue weighted by Gasteiger charge is -2.35. The molecule has 0 saturated heterocycles. The summed E-state index contributed by atoms with van der Waals surface area (Å²) in [5.74, 6) is 0.836. The molecule has 0 aliphatic rings. The van der Waals surface area contributed by atoms with Crippen molar-refractivity contribution in [2.45, 2.75) is 66.0 Å². The van der Waals surface area contributed by atoms with Crippen molar-refractivity contribution < 1.29 is 18.7 Å². The van der Waals surface area contributed by atoms with Gasteiger partial charge < -0.3 is 19.8 Å². The minimum Gasteiger partial charge on any atom is -0.456 e. The van der Waals surface area contributed by atoms with Crippen LogP contribution >= 0.6 is 0 Å². The number of carbonyl (C=O) groups is 2. The van der Waals surface area contributed by atoms with Gasteiger partial charge in [-0.15, -0.1) is 0 Å². The van der Waals surface area contributed by atoms with E-state index in [0.717, 1.165) is 12.2 Å². The zero-order chi connectivity index (χ0) is 18.5. The molecular formula is C18H30N2O4. The van der Waals surface area contributed by atoms with Crippen molar-refractivity contribution in [3.8, 4) is 0 Å². The number of nitrogens with one attached hydrogen (secondary N) is 2. The molecule has 1 aromatic rings. The normalized spacial score (nSPS) is 14.2. The number of ether oxygens (including phenoxy) is 1. The standard InChI is InChI=1S/C18H30N2O4/c1-8-13-9-10-14(23-13)15(21)20-18(7,12(2)3)11-19-16(22)24-17(4,5)6/h9-10,12H,8,11H2,1-7H3,(H,19,22)(H,20,21). The number of furan rings is 1. The molecule has 136 valence electrons. The molecule has 0 spiro atoms. The summed E-state index contributed by atoms with van der Waals surface area (Å²) in [6, 6.07) is 3.46. The lowest BCUT2D eigenvalue weighted by Crippen LogP contribution is -2.57. The van der Waals surface area contributed by atoms with Gasteiger partial charge in [-0.05, 0) is 45.7 Å². The Balaban J connectivity index is 2.73. The molecule has 6 heteroatoms. The van der Waals surface area contributed by atoms with E-state index in [1.165, 1.54) is 0 Å². The lowest BCUT2D eigenvalue weighted by molar-refractivity contribution is 0.0496. The quantitative estimate of drug-likeness (QED) is 0.832. The fourth-order valence-corrected chi connectivity index (χ4v) is 1.97. The zero-order valence-electron chi connectivity index (χ0n) is 15.8. The van der Waals surface area contributed by atoms with Crippen molar-refractivity contribution >= 4 is 12.0 Å². The topological polar surface area (TPSA) is 80.6 Å². The molecule has 0 radical (unpaired) electrons. The Morgan fingerprint density at radius 3 is 2.29 bits per heavy atom. The molecule has 1 unspecified atom stereocenters. The maximum absolute atomic E-state index is 12.4. The van der Waals surface area contributed by atoms with Gasteiger partial charge in [0.25, 0.3) is 5.91 Å². The van der Waals surface area contributed by atoms with Crippen LogP contribution in [0, 0.1) is 5.92 Å². The Hall–Kier alpha value is -1.98. The van der Waals surface area contributed by atoms with Gasteiger partial charge in [0.05, 0.1) is 5.54 Å². The molecule has 1 heterocycles. The van der Waals surface area contributed by atoms with Gasteiger partial charge >= 0.3 is 6.09 Å². The molecule has 2 amide bonds. The van der Waals surface area contributed by atoms with Crippen LogP contribution in [0.25, 0.3) is 0 Å². The van der Waals surface area contributed by atoms with Crippen molar-refractivity contribution in [3.05, 3.63) is 23.7 Å². The monoisotopic (exact) mass is 338 g/mol. The summed E-state index contributed by atoms with van der Waals surface area (Å²) in [4.78, 5) is 24.3. The van der Waals surface area contributed by atoms with E-state index in [0.29, 0.717) is 0 Å². The smallest absolute Gasteiger partial charge is 0.407 e. The van der Waals surface area contributed by atoms with Gasteiger partial charge in [-0.3, -0.25) is 4.79 Å². The van der Waals surface area contributed by atoms with Crippen LogP contribution in [0.2, 0.25) is 0 Å². The highest BCUT2D eigenvalue weighted by molar-refractivity contribution is 5.92. The first-order valence-corrected chi connectivity index (χ1v) is 8.35. The number of hydrogen-bond acceptors (Lipinski definition) is 4. The van der Waals surface area contributed by atoms with Crippen molar-refractivity contribution in [1.29, 1.82) is 0 Å². The number of hydrogen-bond donors (Lipinski definition) is 2. The van der Waals surface area contributed by atoms with Crippen molar-refractivity contribution in [3.63, 3.8) is 0 Å². The fourth-order valence-electron chi connectivity index (χ4n) is 1.97. The molecule has 24 heavy (non-hydrogen) atoms. The van der Waals surface area contributed by atoms with Gasteiger partial charge in [0.2, 0.25) is 0 Å². The van der Waals surface area contributed by atoms with E-state index < -0.39 is 17.2 Å². The van der Waals surface area contributed by atoms with Crippen molar-refractivity contribution in [1.82, 2.24) is 10.6 Å². The number of aryl methyl sites for hydroxylation is 1. The Morgan fingerprint density at radius 2 is 1.83 bits per heavy atom. The Kier molecular flexibility index (Phi) is 6.46. The van der Waals surface area contributed by atoms with Gasteiger partial charge in [-0.25, -0.2) is 4.79 Å². The average molecular weight is 338 g/mol. The van der Waals surface area contributed by atoms with Gasteiger partial charge in [0.15, 0.2) is 5.76 Å². The van der Waals surface area contributed by atoms with Gasteiger partial charge in [0.1, 0.15) is 11.4 Å². The third-order valence-corrected chi connectivity index (χ3v) is 3.91. The minimum absolute atomic E-state index is 0.0944. The Bertz CT molecular complexity index is 572. The third kappa shape index (κ3) is 5.91. The van der Waals surface area contributed by atoms with Crippen LogP contribution in [0.1, 0.15) is 64.8 Å². The summed E-state index contributed by atoms with van der Waals surface area (Å²) < 4.78 is 10.7. The maximum atomic E-state index is 12.4. The lowest BCUT2D eigenvalue weighted by atomic mass is 9.88. The molecule has 0 fully saturated rings. The number of rotatable bonds is 6. The summed E-state index contributed by atoms with van der Waals surface area (Å²) in [7, 11) is 0. The Labute approximate surface area is 144 Å². The summed E-state index contributed by atoms with van der Waals surface area (Å²) in [6.07, 6.45) is 0.226. The van der Waals surface area contributed by atoms with E-state index in [1.807, 2.05) is 27.7 Å². The first-order chi connectivity index (χ1) is 11.0. The fraction of sp³-hybridized carbons (Fsp3) is 0.667. The van der Waals surface area contributed by atoms with E-state index in [1.54, 1.807) is 32.9 Å². The summed E-state index contributed by atoms with van der Waals surface area (Å²) in [5, 5.41) is 5.69. The van der Waals surface area contributed by atoms with Crippen LogP contribution < -0.4 is 10.6 Å². The third-order valence-electron chi connectivity index (χ3n) is 3.91. The highest BCUT2D eigenvalue weighted by Crippen LogP contribution is 2.18. The Morgan fingerprint density at radius 1 is 1.21 bits per heavy atom. The molecule has 0 bridgehead atoms. The van der Waals surface area contributed by atoms with Crippen LogP contribution in [-0.2, 0) is 11.2 Å². The highest BCUT2D eigenvalue weighted by atomic mass is 16.6. The van der Waals surface area contributed by atoms with Crippen LogP contribution in [0.3, 0.4) is 0 Å². The van der Waals surface area contributed by atoms with Crippen LogP contribution in [-0.4, -0.2) is 29.7 Å². The SMILES string of the molecule is CCc1ccc(C(=O)NC(C)(CNC(=O)OC(C)(C)C)C(C)C)o1. The molecule has 1 aromatic heterocycles. The second kappa shape index (κ2) is 7.73. The molecule has 0 aliphatic heterocycles. The van der Waals surface area contributed by atoms with Gasteiger partial charge in [-0.2, -0.15) is 0 Å².